The first kappa shape index (κ1) is 17.3. The van der Waals surface area contributed by atoms with E-state index in [0.29, 0.717) is 16.3 Å². The second-order valence-corrected chi connectivity index (χ2v) is 5.79. The lowest BCUT2D eigenvalue weighted by atomic mass is 10.0. The highest BCUT2D eigenvalue weighted by molar-refractivity contribution is 6.30. The summed E-state index contributed by atoms with van der Waals surface area (Å²) in [6, 6.07) is 14.0. The molecule has 2 atom stereocenters. The largest absolute Gasteiger partial charge is 0.497 e. The Kier molecular flexibility index (Phi) is 5.64. The van der Waals surface area contributed by atoms with E-state index in [2.05, 4.69) is 0 Å². The highest BCUT2D eigenvalue weighted by Gasteiger charge is 2.25. The fraction of sp³-hybridized carbons (Fsp3) is 0.278. The molecular weight excluding hydrogens is 314 g/mol. The van der Waals surface area contributed by atoms with Crippen LogP contribution in [-0.4, -0.2) is 30.1 Å². The maximum atomic E-state index is 12.5. The summed E-state index contributed by atoms with van der Waals surface area (Å²) < 4.78 is 5.12. The molecule has 2 unspecified atom stereocenters. The maximum absolute atomic E-state index is 12.5. The number of benzene rings is 2. The molecule has 0 fully saturated rings. The van der Waals surface area contributed by atoms with Gasteiger partial charge in [0.15, 0.2) is 6.10 Å². The van der Waals surface area contributed by atoms with Crippen LogP contribution in [0.4, 0.5) is 0 Å². The van der Waals surface area contributed by atoms with E-state index in [1.807, 2.05) is 19.1 Å². The van der Waals surface area contributed by atoms with Gasteiger partial charge >= 0.3 is 0 Å². The summed E-state index contributed by atoms with van der Waals surface area (Å²) in [6.07, 6.45) is -1.23. The quantitative estimate of drug-likeness (QED) is 0.909. The van der Waals surface area contributed by atoms with Crippen LogP contribution in [0.1, 0.15) is 30.2 Å². The summed E-state index contributed by atoms with van der Waals surface area (Å²) in [5.41, 5.74) is 1.45. The van der Waals surface area contributed by atoms with Crippen LogP contribution in [0, 0.1) is 0 Å². The zero-order valence-electron chi connectivity index (χ0n) is 13.4. The summed E-state index contributed by atoms with van der Waals surface area (Å²) in [7, 11) is 3.22. The van der Waals surface area contributed by atoms with Crippen molar-refractivity contribution in [2.75, 3.05) is 14.2 Å². The molecule has 1 amide bonds. The van der Waals surface area contributed by atoms with Gasteiger partial charge in [-0.2, -0.15) is 0 Å². The minimum Gasteiger partial charge on any atom is -0.497 e. The Labute approximate surface area is 141 Å². The lowest BCUT2D eigenvalue weighted by Gasteiger charge is -2.27. The Morgan fingerprint density at radius 1 is 1.17 bits per heavy atom. The average molecular weight is 334 g/mol. The van der Waals surface area contributed by atoms with Gasteiger partial charge in [0.05, 0.1) is 13.2 Å². The summed E-state index contributed by atoms with van der Waals surface area (Å²) in [4.78, 5) is 14.1. The fourth-order valence-corrected chi connectivity index (χ4v) is 2.43. The van der Waals surface area contributed by atoms with Crippen molar-refractivity contribution in [3.63, 3.8) is 0 Å². The molecule has 0 saturated carbocycles. The minimum atomic E-state index is -1.23. The Morgan fingerprint density at radius 2 is 1.83 bits per heavy atom. The zero-order chi connectivity index (χ0) is 17.0. The lowest BCUT2D eigenvalue weighted by Crippen LogP contribution is -2.33. The van der Waals surface area contributed by atoms with Gasteiger partial charge in [0.2, 0.25) is 0 Å². The molecule has 0 aliphatic carbocycles. The third kappa shape index (κ3) is 4.03. The summed E-state index contributed by atoms with van der Waals surface area (Å²) in [5.74, 6) is 0.225. The maximum Gasteiger partial charge on any atom is 0.256 e. The van der Waals surface area contributed by atoms with Gasteiger partial charge in [0.25, 0.3) is 5.91 Å². The van der Waals surface area contributed by atoms with Crippen molar-refractivity contribution < 1.29 is 14.6 Å². The van der Waals surface area contributed by atoms with Crippen molar-refractivity contribution in [2.24, 2.45) is 0 Å². The number of rotatable bonds is 5. The molecule has 23 heavy (non-hydrogen) atoms. The Hall–Kier alpha value is -2.04. The highest BCUT2D eigenvalue weighted by atomic mass is 35.5. The monoisotopic (exact) mass is 333 g/mol. The number of amides is 1. The molecule has 0 heterocycles. The van der Waals surface area contributed by atoms with E-state index in [4.69, 9.17) is 16.3 Å². The van der Waals surface area contributed by atoms with Gasteiger partial charge in [0, 0.05) is 12.1 Å². The molecule has 122 valence electrons. The molecule has 2 aromatic rings. The van der Waals surface area contributed by atoms with Gasteiger partial charge in [-0.25, -0.2) is 0 Å². The van der Waals surface area contributed by atoms with Gasteiger partial charge in [-0.15, -0.1) is 0 Å². The van der Waals surface area contributed by atoms with Crippen molar-refractivity contribution in [3.05, 3.63) is 64.7 Å². The van der Waals surface area contributed by atoms with Crippen molar-refractivity contribution in [1.82, 2.24) is 4.90 Å². The van der Waals surface area contributed by atoms with Crippen molar-refractivity contribution in [1.29, 1.82) is 0 Å². The number of carbonyl (C=O) groups is 1. The smallest absolute Gasteiger partial charge is 0.256 e. The van der Waals surface area contributed by atoms with E-state index in [1.54, 1.807) is 50.6 Å². The Balaban J connectivity index is 2.15. The number of carbonyl (C=O) groups excluding carboxylic acids is 1. The highest BCUT2D eigenvalue weighted by Crippen LogP contribution is 2.26. The Morgan fingerprint density at radius 3 is 2.43 bits per heavy atom. The molecule has 0 spiro atoms. The number of halogens is 1. The number of hydrogen-bond acceptors (Lipinski definition) is 3. The van der Waals surface area contributed by atoms with Crippen LogP contribution in [0.15, 0.2) is 48.5 Å². The third-order valence-corrected chi connectivity index (χ3v) is 4.18. The van der Waals surface area contributed by atoms with Crippen LogP contribution in [0.25, 0.3) is 0 Å². The SMILES string of the molecule is COc1cccc(C(O)C(=O)N(C)C(C)c2ccc(Cl)cc2)c1. The van der Waals surface area contributed by atoms with Crippen LogP contribution in [-0.2, 0) is 4.79 Å². The number of aliphatic hydroxyl groups is 1. The molecule has 0 aromatic heterocycles. The van der Waals surface area contributed by atoms with E-state index in [-0.39, 0.29) is 11.9 Å². The second-order valence-electron chi connectivity index (χ2n) is 5.36. The van der Waals surface area contributed by atoms with Crippen LogP contribution in [0.3, 0.4) is 0 Å². The molecule has 0 saturated heterocycles. The first-order valence-corrected chi connectivity index (χ1v) is 7.66. The van der Waals surface area contributed by atoms with Gasteiger partial charge in [-0.1, -0.05) is 35.9 Å². The molecule has 0 radical (unpaired) electrons. The van der Waals surface area contributed by atoms with Crippen LogP contribution < -0.4 is 4.74 Å². The van der Waals surface area contributed by atoms with E-state index < -0.39 is 6.10 Å². The lowest BCUT2D eigenvalue weighted by molar-refractivity contribution is -0.141. The summed E-state index contributed by atoms with van der Waals surface area (Å²) in [6.45, 7) is 1.90. The van der Waals surface area contributed by atoms with Crippen LogP contribution in [0.5, 0.6) is 5.75 Å². The number of hydrogen-bond donors (Lipinski definition) is 1. The fourth-order valence-electron chi connectivity index (χ4n) is 2.30. The summed E-state index contributed by atoms with van der Waals surface area (Å²) >= 11 is 5.89. The summed E-state index contributed by atoms with van der Waals surface area (Å²) in [5, 5.41) is 11.0. The molecule has 0 aliphatic rings. The van der Waals surface area contributed by atoms with Crippen LogP contribution >= 0.6 is 11.6 Å². The van der Waals surface area contributed by atoms with Crippen molar-refractivity contribution in [3.8, 4) is 5.75 Å². The average Bonchev–Trinajstić information content (AvgIpc) is 2.59. The Bertz CT molecular complexity index is 672. The molecular formula is C18H20ClNO3. The number of aliphatic hydroxyl groups excluding tert-OH is 1. The molecule has 0 aliphatic heterocycles. The van der Waals surface area contributed by atoms with E-state index >= 15 is 0 Å². The van der Waals surface area contributed by atoms with Crippen LogP contribution in [0.2, 0.25) is 5.02 Å². The molecule has 4 nitrogen and oxygen atoms in total. The van der Waals surface area contributed by atoms with Gasteiger partial charge in [0.1, 0.15) is 5.75 Å². The second kappa shape index (κ2) is 7.49. The molecule has 2 aromatic carbocycles. The number of methoxy groups -OCH3 is 1. The predicted octanol–water partition coefficient (Wildman–Crippen LogP) is 3.60. The third-order valence-electron chi connectivity index (χ3n) is 3.92. The van der Waals surface area contributed by atoms with E-state index in [1.165, 1.54) is 4.90 Å². The van der Waals surface area contributed by atoms with E-state index in [0.717, 1.165) is 5.56 Å². The normalized spacial score (nSPS) is 13.3. The standard InChI is InChI=1S/C18H20ClNO3/c1-12(13-7-9-15(19)10-8-13)20(2)18(22)17(21)14-5-4-6-16(11-14)23-3/h4-12,17,21H,1-3H3. The first-order valence-electron chi connectivity index (χ1n) is 7.28. The van der Waals surface area contributed by atoms with Crippen molar-refractivity contribution in [2.45, 2.75) is 19.1 Å². The topological polar surface area (TPSA) is 49.8 Å². The number of ether oxygens (including phenoxy) is 1. The van der Waals surface area contributed by atoms with Gasteiger partial charge < -0.3 is 14.7 Å². The van der Waals surface area contributed by atoms with Gasteiger partial charge in [-0.05, 0) is 42.3 Å². The molecule has 5 heteroatoms. The van der Waals surface area contributed by atoms with Crippen molar-refractivity contribution >= 4 is 17.5 Å². The molecule has 2 rings (SSSR count). The minimum absolute atomic E-state index is 0.181. The number of likely N-dealkylation sites (N-methyl/N-ethyl adjacent to an activating group) is 1. The van der Waals surface area contributed by atoms with Gasteiger partial charge in [-0.3, -0.25) is 4.79 Å². The molecule has 0 bridgehead atoms. The zero-order valence-corrected chi connectivity index (χ0v) is 14.1. The van der Waals surface area contributed by atoms with E-state index in [9.17, 15) is 9.90 Å². The molecule has 1 N–H and O–H groups in total. The first-order chi connectivity index (χ1) is 10.9. The number of nitrogens with zero attached hydrogens (tertiary/aromatic N) is 1. The predicted molar refractivity (Wildman–Crippen MR) is 90.6 cm³/mol.